The van der Waals surface area contributed by atoms with Crippen LogP contribution in [0.15, 0.2) is 36.5 Å². The molecule has 21 heavy (non-hydrogen) atoms. The third-order valence-electron chi connectivity index (χ3n) is 3.05. The minimum atomic E-state index is -0.303. The second-order valence-electron chi connectivity index (χ2n) is 4.94. The maximum absolute atomic E-state index is 11.7. The lowest BCUT2D eigenvalue weighted by molar-refractivity contribution is 0.220. The standard InChI is InChI=1S/C15H20N4O2/c1-11-7-8-19(18-11)14-6-4-3-5-13(14)9-16-15(21)17-12(2)10-20/h3-8,12,20H,9-10H2,1-2H3,(H2,16,17,21)/t12-/m0/s1. The first kappa shape index (κ1) is 15.1. The monoisotopic (exact) mass is 288 g/mol. The van der Waals surface area contributed by atoms with E-state index < -0.39 is 0 Å². The molecule has 0 aliphatic heterocycles. The highest BCUT2D eigenvalue weighted by atomic mass is 16.3. The van der Waals surface area contributed by atoms with Gasteiger partial charge in [0.25, 0.3) is 0 Å². The van der Waals surface area contributed by atoms with Crippen molar-refractivity contribution in [1.29, 1.82) is 0 Å². The van der Waals surface area contributed by atoms with Gasteiger partial charge in [-0.3, -0.25) is 0 Å². The summed E-state index contributed by atoms with van der Waals surface area (Å²) in [5, 5.41) is 18.7. The number of hydrogen-bond acceptors (Lipinski definition) is 3. The number of nitrogens with one attached hydrogen (secondary N) is 2. The van der Waals surface area contributed by atoms with Gasteiger partial charge in [-0.15, -0.1) is 0 Å². The first-order valence-corrected chi connectivity index (χ1v) is 6.86. The van der Waals surface area contributed by atoms with Gasteiger partial charge in [-0.05, 0) is 31.5 Å². The van der Waals surface area contributed by atoms with Crippen LogP contribution in [-0.4, -0.2) is 33.6 Å². The second kappa shape index (κ2) is 6.90. The van der Waals surface area contributed by atoms with Gasteiger partial charge < -0.3 is 15.7 Å². The molecular weight excluding hydrogens is 268 g/mol. The minimum absolute atomic E-state index is 0.0867. The average Bonchev–Trinajstić information content (AvgIpc) is 2.91. The Hall–Kier alpha value is -2.34. The summed E-state index contributed by atoms with van der Waals surface area (Å²) >= 11 is 0. The molecular formula is C15H20N4O2. The Labute approximate surface area is 123 Å². The quantitative estimate of drug-likeness (QED) is 0.777. The number of hydrogen-bond donors (Lipinski definition) is 3. The third-order valence-corrected chi connectivity index (χ3v) is 3.05. The summed E-state index contributed by atoms with van der Waals surface area (Å²) in [6, 6.07) is 9.12. The number of rotatable bonds is 5. The summed E-state index contributed by atoms with van der Waals surface area (Å²) in [4.78, 5) is 11.7. The van der Waals surface area contributed by atoms with Crippen LogP contribution < -0.4 is 10.6 Å². The highest BCUT2D eigenvalue weighted by Crippen LogP contribution is 2.13. The van der Waals surface area contributed by atoms with Crippen molar-refractivity contribution in [2.24, 2.45) is 0 Å². The molecule has 1 heterocycles. The molecule has 6 heteroatoms. The van der Waals surface area contributed by atoms with Gasteiger partial charge in [0.1, 0.15) is 0 Å². The first-order chi connectivity index (χ1) is 10.1. The van der Waals surface area contributed by atoms with Crippen LogP contribution in [0.5, 0.6) is 0 Å². The van der Waals surface area contributed by atoms with Gasteiger partial charge in [0.05, 0.1) is 24.0 Å². The molecule has 112 valence electrons. The number of aromatic nitrogens is 2. The van der Waals surface area contributed by atoms with E-state index in [1.165, 1.54) is 0 Å². The van der Waals surface area contributed by atoms with Crippen molar-refractivity contribution in [3.05, 3.63) is 47.8 Å². The van der Waals surface area contributed by atoms with Crippen molar-refractivity contribution in [2.45, 2.75) is 26.4 Å². The second-order valence-corrected chi connectivity index (χ2v) is 4.94. The van der Waals surface area contributed by atoms with Crippen LogP contribution in [-0.2, 0) is 6.54 Å². The van der Waals surface area contributed by atoms with E-state index in [4.69, 9.17) is 5.11 Å². The van der Waals surface area contributed by atoms with Crippen molar-refractivity contribution in [3.8, 4) is 5.69 Å². The summed E-state index contributed by atoms with van der Waals surface area (Å²) in [6.07, 6.45) is 1.89. The largest absolute Gasteiger partial charge is 0.394 e. The molecule has 0 saturated carbocycles. The zero-order valence-electron chi connectivity index (χ0n) is 12.2. The zero-order chi connectivity index (χ0) is 15.2. The molecule has 0 bridgehead atoms. The number of aryl methyl sites for hydroxylation is 1. The van der Waals surface area contributed by atoms with E-state index in [2.05, 4.69) is 15.7 Å². The Morgan fingerprint density at radius 3 is 2.81 bits per heavy atom. The summed E-state index contributed by atoms with van der Waals surface area (Å²) in [7, 11) is 0. The van der Waals surface area contributed by atoms with Crippen molar-refractivity contribution in [1.82, 2.24) is 20.4 Å². The Balaban J connectivity index is 2.06. The topological polar surface area (TPSA) is 79.2 Å². The zero-order valence-corrected chi connectivity index (χ0v) is 12.2. The predicted octanol–water partition coefficient (Wildman–Crippen LogP) is 1.36. The summed E-state index contributed by atoms with van der Waals surface area (Å²) in [5.41, 5.74) is 2.83. The van der Waals surface area contributed by atoms with Gasteiger partial charge in [-0.1, -0.05) is 18.2 Å². The molecule has 0 spiro atoms. The molecule has 6 nitrogen and oxygen atoms in total. The molecule has 0 radical (unpaired) electrons. The molecule has 3 N–H and O–H groups in total. The SMILES string of the molecule is Cc1ccn(-c2ccccc2CNC(=O)N[C@@H](C)CO)n1. The maximum atomic E-state index is 11.7. The van der Waals surface area contributed by atoms with Gasteiger partial charge in [0.2, 0.25) is 0 Å². The van der Waals surface area contributed by atoms with E-state index in [9.17, 15) is 4.79 Å². The molecule has 1 aromatic carbocycles. The lowest BCUT2D eigenvalue weighted by Gasteiger charge is -2.14. The van der Waals surface area contributed by atoms with E-state index in [0.29, 0.717) is 6.54 Å². The van der Waals surface area contributed by atoms with Crippen LogP contribution in [0.25, 0.3) is 5.69 Å². The van der Waals surface area contributed by atoms with Crippen LogP contribution in [0.2, 0.25) is 0 Å². The summed E-state index contributed by atoms with van der Waals surface area (Å²) in [5.74, 6) is 0. The Morgan fingerprint density at radius 1 is 1.38 bits per heavy atom. The lowest BCUT2D eigenvalue weighted by atomic mass is 10.2. The fourth-order valence-corrected chi connectivity index (χ4v) is 1.93. The molecule has 1 aromatic heterocycles. The summed E-state index contributed by atoms with van der Waals surface area (Å²) < 4.78 is 1.79. The van der Waals surface area contributed by atoms with E-state index in [1.807, 2.05) is 43.5 Å². The molecule has 2 aromatic rings. The molecule has 0 aliphatic carbocycles. The van der Waals surface area contributed by atoms with Crippen molar-refractivity contribution < 1.29 is 9.90 Å². The fraction of sp³-hybridized carbons (Fsp3) is 0.333. The van der Waals surface area contributed by atoms with Gasteiger partial charge in [-0.25, -0.2) is 9.48 Å². The van der Waals surface area contributed by atoms with E-state index in [0.717, 1.165) is 16.9 Å². The maximum Gasteiger partial charge on any atom is 0.315 e. The Morgan fingerprint density at radius 2 is 2.14 bits per heavy atom. The predicted molar refractivity (Wildman–Crippen MR) is 80.2 cm³/mol. The van der Waals surface area contributed by atoms with E-state index >= 15 is 0 Å². The number of benzene rings is 1. The Bertz CT molecular complexity index is 609. The normalized spacial score (nSPS) is 12.0. The lowest BCUT2D eigenvalue weighted by Crippen LogP contribution is -2.42. The minimum Gasteiger partial charge on any atom is -0.394 e. The first-order valence-electron chi connectivity index (χ1n) is 6.86. The van der Waals surface area contributed by atoms with Gasteiger partial charge in [-0.2, -0.15) is 5.10 Å². The highest BCUT2D eigenvalue weighted by molar-refractivity contribution is 5.74. The summed E-state index contributed by atoms with van der Waals surface area (Å²) in [6.45, 7) is 3.97. The molecule has 0 aliphatic rings. The number of urea groups is 1. The van der Waals surface area contributed by atoms with Crippen LogP contribution in [0, 0.1) is 6.92 Å². The molecule has 2 amide bonds. The molecule has 0 saturated heterocycles. The molecule has 1 atom stereocenters. The molecule has 0 unspecified atom stereocenters. The fourth-order valence-electron chi connectivity index (χ4n) is 1.93. The van der Waals surface area contributed by atoms with Crippen molar-refractivity contribution in [3.63, 3.8) is 0 Å². The Kier molecular flexibility index (Phi) is 4.94. The van der Waals surface area contributed by atoms with Gasteiger partial charge >= 0.3 is 6.03 Å². The van der Waals surface area contributed by atoms with E-state index in [1.54, 1.807) is 11.6 Å². The van der Waals surface area contributed by atoms with Crippen LogP contribution in [0.4, 0.5) is 4.79 Å². The number of nitrogens with zero attached hydrogens (tertiary/aromatic N) is 2. The smallest absolute Gasteiger partial charge is 0.315 e. The third kappa shape index (κ3) is 4.06. The average molecular weight is 288 g/mol. The van der Waals surface area contributed by atoms with Crippen LogP contribution >= 0.6 is 0 Å². The number of aliphatic hydroxyl groups excluding tert-OH is 1. The molecule has 0 fully saturated rings. The van der Waals surface area contributed by atoms with Crippen molar-refractivity contribution >= 4 is 6.03 Å². The van der Waals surface area contributed by atoms with E-state index in [-0.39, 0.29) is 18.7 Å². The van der Waals surface area contributed by atoms with Crippen LogP contribution in [0.1, 0.15) is 18.2 Å². The van der Waals surface area contributed by atoms with Crippen LogP contribution in [0.3, 0.4) is 0 Å². The number of carbonyl (C=O) groups excluding carboxylic acids is 1. The number of carbonyl (C=O) groups is 1. The number of aliphatic hydroxyl groups is 1. The van der Waals surface area contributed by atoms with Gasteiger partial charge in [0.15, 0.2) is 0 Å². The van der Waals surface area contributed by atoms with Crippen molar-refractivity contribution in [2.75, 3.05) is 6.61 Å². The van der Waals surface area contributed by atoms with Gasteiger partial charge in [0, 0.05) is 12.7 Å². The number of para-hydroxylation sites is 1. The number of amides is 2. The highest BCUT2D eigenvalue weighted by Gasteiger charge is 2.08. The molecule has 2 rings (SSSR count).